The molecule has 0 aliphatic carbocycles. The van der Waals surface area contributed by atoms with Crippen LogP contribution in [0.15, 0.2) is 11.5 Å². The molecule has 0 aromatic rings. The van der Waals surface area contributed by atoms with Gasteiger partial charge in [-0.1, -0.05) is 6.08 Å². The lowest BCUT2D eigenvalue weighted by molar-refractivity contribution is 0.547. The van der Waals surface area contributed by atoms with E-state index in [9.17, 15) is 0 Å². The predicted molar refractivity (Wildman–Crippen MR) is 32.5 cm³/mol. The Bertz CT molecular complexity index is 73.8. The van der Waals surface area contributed by atoms with Crippen LogP contribution in [0.25, 0.3) is 0 Å². The van der Waals surface area contributed by atoms with Crippen LogP contribution in [0.5, 0.6) is 0 Å². The van der Waals surface area contributed by atoms with Gasteiger partial charge in [-0.2, -0.15) is 0 Å². The molecule has 1 rings (SSSR count). The molecule has 40 valence electrons. The lowest BCUT2D eigenvalue weighted by atomic mass is 10.6. The van der Waals surface area contributed by atoms with Gasteiger partial charge in [0.05, 0.1) is 6.67 Å². The van der Waals surface area contributed by atoms with Crippen molar-refractivity contribution in [3.05, 3.63) is 11.5 Å². The van der Waals surface area contributed by atoms with E-state index in [2.05, 4.69) is 10.4 Å². The molecule has 0 saturated heterocycles. The van der Waals surface area contributed by atoms with E-state index in [4.69, 9.17) is 5.73 Å². The molecule has 3 heteroatoms. The number of nitrogens with zero attached hydrogens (tertiary/aromatic N) is 1. The molecule has 0 unspecified atom stereocenters. The highest BCUT2D eigenvalue weighted by atomic mass is 32.2. The van der Waals surface area contributed by atoms with Crippen molar-refractivity contribution in [2.24, 2.45) is 5.73 Å². The first-order chi connectivity index (χ1) is 3.43. The molecule has 0 radical (unpaired) electrons. The van der Waals surface area contributed by atoms with E-state index in [1.54, 1.807) is 11.9 Å². The van der Waals surface area contributed by atoms with Crippen molar-refractivity contribution in [3.63, 3.8) is 0 Å². The molecule has 0 fully saturated rings. The molecule has 1 aliphatic heterocycles. The van der Waals surface area contributed by atoms with Crippen molar-refractivity contribution in [2.45, 2.75) is 0 Å². The second-order valence-electron chi connectivity index (χ2n) is 1.32. The molecule has 7 heavy (non-hydrogen) atoms. The normalized spacial score (nSPS) is 21.3. The highest BCUT2D eigenvalue weighted by molar-refractivity contribution is 8.00. The topological polar surface area (TPSA) is 29.3 Å². The van der Waals surface area contributed by atoms with Crippen LogP contribution in [0.2, 0.25) is 0 Å². The Morgan fingerprint density at radius 1 is 1.86 bits per heavy atom. The molecule has 0 atom stereocenters. The van der Waals surface area contributed by atoms with Gasteiger partial charge in [0.2, 0.25) is 0 Å². The van der Waals surface area contributed by atoms with E-state index in [-0.39, 0.29) is 0 Å². The molecule has 1 heterocycles. The first kappa shape index (κ1) is 5.15. The van der Waals surface area contributed by atoms with E-state index in [0.717, 1.165) is 6.54 Å². The number of rotatable bonds is 1. The van der Waals surface area contributed by atoms with Gasteiger partial charge in [0.15, 0.2) is 0 Å². The quantitative estimate of drug-likeness (QED) is 0.502. The number of hydrogen-bond donors (Lipinski definition) is 1. The molecular weight excluding hydrogens is 108 g/mol. The first-order valence-corrected chi connectivity index (χ1v) is 3.04. The minimum atomic E-state index is 0.650. The summed E-state index contributed by atoms with van der Waals surface area (Å²) in [6, 6.07) is 0. The van der Waals surface area contributed by atoms with Crippen LogP contribution in [0.1, 0.15) is 0 Å². The fourth-order valence-corrected chi connectivity index (χ4v) is 1.05. The van der Waals surface area contributed by atoms with Gasteiger partial charge in [-0.05, 0) is 17.4 Å². The third kappa shape index (κ3) is 1.19. The van der Waals surface area contributed by atoms with Crippen LogP contribution in [-0.2, 0) is 0 Å². The molecule has 2 N–H and O–H groups in total. The van der Waals surface area contributed by atoms with E-state index < -0.39 is 0 Å². The van der Waals surface area contributed by atoms with Crippen LogP contribution < -0.4 is 5.73 Å². The van der Waals surface area contributed by atoms with Gasteiger partial charge in [-0.15, -0.1) is 0 Å². The smallest absolute Gasteiger partial charge is 0.0562 e. The second kappa shape index (κ2) is 2.35. The van der Waals surface area contributed by atoms with Crippen LogP contribution >= 0.6 is 11.9 Å². The Labute approximate surface area is 47.5 Å². The summed E-state index contributed by atoms with van der Waals surface area (Å²) in [7, 11) is 0. The van der Waals surface area contributed by atoms with Crippen molar-refractivity contribution in [3.8, 4) is 0 Å². The Morgan fingerprint density at radius 3 is 3.00 bits per heavy atom. The first-order valence-electron chi connectivity index (χ1n) is 2.20. The van der Waals surface area contributed by atoms with Gasteiger partial charge in [-0.25, -0.2) is 4.31 Å². The monoisotopic (exact) mass is 116 g/mol. The van der Waals surface area contributed by atoms with Crippen molar-refractivity contribution < 1.29 is 0 Å². The molecule has 1 aliphatic rings. The summed E-state index contributed by atoms with van der Waals surface area (Å²) >= 11 is 1.67. The molecule has 0 saturated carbocycles. The summed E-state index contributed by atoms with van der Waals surface area (Å²) in [6.07, 6.45) is 2.09. The maximum atomic E-state index is 5.30. The van der Waals surface area contributed by atoms with E-state index in [1.165, 1.54) is 0 Å². The zero-order valence-corrected chi connectivity index (χ0v) is 4.82. The van der Waals surface area contributed by atoms with Crippen LogP contribution in [0.4, 0.5) is 0 Å². The van der Waals surface area contributed by atoms with E-state index in [0.29, 0.717) is 6.67 Å². The Hall–Kier alpha value is 0.01000. The van der Waals surface area contributed by atoms with Crippen LogP contribution in [0, 0.1) is 0 Å². The Morgan fingerprint density at radius 2 is 2.71 bits per heavy atom. The van der Waals surface area contributed by atoms with Gasteiger partial charge in [0.25, 0.3) is 0 Å². The zero-order valence-electron chi connectivity index (χ0n) is 4.00. The minimum Gasteiger partial charge on any atom is -0.318 e. The van der Waals surface area contributed by atoms with Crippen molar-refractivity contribution in [1.82, 2.24) is 4.31 Å². The van der Waals surface area contributed by atoms with Crippen molar-refractivity contribution in [1.29, 1.82) is 0 Å². The molecular formula is C4H8N2S. The van der Waals surface area contributed by atoms with Gasteiger partial charge in [-0.3, -0.25) is 0 Å². The summed E-state index contributed by atoms with van der Waals surface area (Å²) in [6.45, 7) is 1.65. The Balaban J connectivity index is 2.22. The van der Waals surface area contributed by atoms with Crippen LogP contribution in [-0.4, -0.2) is 17.5 Å². The molecule has 2 nitrogen and oxygen atoms in total. The molecule has 0 bridgehead atoms. The molecule has 0 aromatic carbocycles. The summed E-state index contributed by atoms with van der Waals surface area (Å²) in [5.74, 6) is 0. The van der Waals surface area contributed by atoms with Crippen molar-refractivity contribution in [2.75, 3.05) is 13.2 Å². The van der Waals surface area contributed by atoms with Gasteiger partial charge >= 0.3 is 0 Å². The Kier molecular flexibility index (Phi) is 1.73. The maximum Gasteiger partial charge on any atom is 0.0562 e. The van der Waals surface area contributed by atoms with Gasteiger partial charge in [0.1, 0.15) is 0 Å². The fraction of sp³-hybridized carbons (Fsp3) is 0.500. The zero-order chi connectivity index (χ0) is 5.11. The van der Waals surface area contributed by atoms with E-state index in [1.807, 2.05) is 5.41 Å². The number of hydrogen-bond acceptors (Lipinski definition) is 3. The predicted octanol–water partition coefficient (Wildman–Crippen LogP) is 0.380. The van der Waals surface area contributed by atoms with Gasteiger partial charge in [0, 0.05) is 6.54 Å². The lowest BCUT2D eigenvalue weighted by Gasteiger charge is -2.06. The SMILES string of the molecule is NCN1CC=CS1. The number of nitrogens with two attached hydrogens (primary N) is 1. The highest BCUT2D eigenvalue weighted by Crippen LogP contribution is 2.14. The summed E-state index contributed by atoms with van der Waals surface area (Å²) in [4.78, 5) is 0. The fourth-order valence-electron chi connectivity index (χ4n) is 0.450. The lowest BCUT2D eigenvalue weighted by Crippen LogP contribution is -2.20. The van der Waals surface area contributed by atoms with Crippen LogP contribution in [0.3, 0.4) is 0 Å². The molecule has 0 aromatic heterocycles. The third-order valence-corrected chi connectivity index (χ3v) is 1.73. The highest BCUT2D eigenvalue weighted by Gasteiger charge is 2.01. The van der Waals surface area contributed by atoms with E-state index >= 15 is 0 Å². The summed E-state index contributed by atoms with van der Waals surface area (Å²) in [5, 5.41) is 2.05. The maximum absolute atomic E-state index is 5.30. The van der Waals surface area contributed by atoms with Crippen molar-refractivity contribution >= 4 is 11.9 Å². The average molecular weight is 116 g/mol. The molecule has 0 spiro atoms. The van der Waals surface area contributed by atoms with Gasteiger partial charge < -0.3 is 5.73 Å². The second-order valence-corrected chi connectivity index (χ2v) is 2.32. The molecule has 0 amide bonds. The summed E-state index contributed by atoms with van der Waals surface area (Å²) < 4.78 is 2.07. The largest absolute Gasteiger partial charge is 0.318 e. The summed E-state index contributed by atoms with van der Waals surface area (Å²) in [5.41, 5.74) is 5.30. The minimum absolute atomic E-state index is 0.650. The third-order valence-electron chi connectivity index (χ3n) is 0.819. The standard InChI is InChI=1S/C4H8N2S/c5-4-6-2-1-3-7-6/h1,3H,2,4-5H2. The average Bonchev–Trinajstić information content (AvgIpc) is 2.14.